The van der Waals surface area contributed by atoms with Gasteiger partial charge < -0.3 is 5.73 Å². The highest BCUT2D eigenvalue weighted by Crippen LogP contribution is 2.32. The Morgan fingerprint density at radius 1 is 1.21 bits per heavy atom. The van der Waals surface area contributed by atoms with E-state index >= 15 is 0 Å². The molecular formula is C12H11ClF3N3. The van der Waals surface area contributed by atoms with Gasteiger partial charge in [-0.1, -0.05) is 23.7 Å². The minimum Gasteiger partial charge on any atom is -0.326 e. The van der Waals surface area contributed by atoms with Gasteiger partial charge in [-0.15, -0.1) is 0 Å². The lowest BCUT2D eigenvalue weighted by Gasteiger charge is -2.12. The molecule has 0 fully saturated rings. The van der Waals surface area contributed by atoms with Crippen molar-refractivity contribution in [2.24, 2.45) is 5.73 Å². The number of benzene rings is 1. The molecule has 1 aromatic heterocycles. The maximum absolute atomic E-state index is 13.0. The first-order chi connectivity index (χ1) is 8.91. The molecule has 0 bridgehead atoms. The Morgan fingerprint density at radius 3 is 2.37 bits per heavy atom. The van der Waals surface area contributed by atoms with Crippen molar-refractivity contribution in [2.45, 2.75) is 19.3 Å². The summed E-state index contributed by atoms with van der Waals surface area (Å²) in [5.74, 6) is 0. The molecule has 102 valence electrons. The van der Waals surface area contributed by atoms with E-state index in [4.69, 9.17) is 17.3 Å². The molecule has 0 aliphatic carbocycles. The number of alkyl halides is 3. The largest absolute Gasteiger partial charge is 0.433 e. The highest BCUT2D eigenvalue weighted by Gasteiger charge is 2.37. The maximum atomic E-state index is 13.0. The van der Waals surface area contributed by atoms with Crippen molar-refractivity contribution in [1.29, 1.82) is 0 Å². The zero-order valence-electron chi connectivity index (χ0n) is 9.78. The molecule has 1 aromatic carbocycles. The Bertz CT molecular complexity index is 561. The summed E-state index contributed by atoms with van der Waals surface area (Å²) in [6, 6.07) is 6.56. The first kappa shape index (κ1) is 13.9. The fraction of sp³-hybridized carbons (Fsp3) is 0.250. The van der Waals surface area contributed by atoms with Crippen LogP contribution in [0.2, 0.25) is 5.02 Å². The van der Waals surface area contributed by atoms with Crippen molar-refractivity contribution in [3.05, 3.63) is 52.3 Å². The maximum Gasteiger partial charge on any atom is 0.433 e. The molecule has 1 heterocycles. The number of hydrogen-bond acceptors (Lipinski definition) is 2. The van der Waals surface area contributed by atoms with Gasteiger partial charge in [0.2, 0.25) is 0 Å². The second kappa shape index (κ2) is 5.22. The molecule has 0 saturated heterocycles. The normalized spacial score (nSPS) is 11.8. The van der Waals surface area contributed by atoms with Crippen molar-refractivity contribution in [2.75, 3.05) is 0 Å². The number of rotatable bonds is 3. The molecule has 0 amide bonds. The van der Waals surface area contributed by atoms with E-state index in [0.29, 0.717) is 10.6 Å². The predicted molar refractivity (Wildman–Crippen MR) is 65.7 cm³/mol. The monoisotopic (exact) mass is 289 g/mol. The second-order valence-electron chi connectivity index (χ2n) is 4.00. The zero-order chi connectivity index (χ0) is 14.0. The SMILES string of the molecule is NCc1cnn(Cc2ccc(Cl)cc2)c1C(F)(F)F. The van der Waals surface area contributed by atoms with E-state index < -0.39 is 11.9 Å². The Balaban J connectivity index is 2.35. The first-order valence-corrected chi connectivity index (χ1v) is 5.86. The predicted octanol–water partition coefficient (Wildman–Crippen LogP) is 3.06. The lowest BCUT2D eigenvalue weighted by Crippen LogP contribution is -2.18. The van der Waals surface area contributed by atoms with Crippen LogP contribution < -0.4 is 5.73 Å². The average Bonchev–Trinajstić information content (AvgIpc) is 2.75. The van der Waals surface area contributed by atoms with Crippen LogP contribution in [0.5, 0.6) is 0 Å². The van der Waals surface area contributed by atoms with E-state index in [1.54, 1.807) is 24.3 Å². The van der Waals surface area contributed by atoms with Gasteiger partial charge in [0, 0.05) is 17.1 Å². The summed E-state index contributed by atoms with van der Waals surface area (Å²) in [7, 11) is 0. The summed E-state index contributed by atoms with van der Waals surface area (Å²) in [5.41, 5.74) is 5.17. The molecule has 0 radical (unpaired) electrons. The minimum absolute atomic E-state index is 0.0125. The fourth-order valence-electron chi connectivity index (χ4n) is 1.78. The molecule has 7 heteroatoms. The standard InChI is InChI=1S/C12H11ClF3N3/c13-10-3-1-8(2-4-10)7-19-11(12(14,15)16)9(5-17)6-18-19/h1-4,6H,5,7,17H2. The van der Waals surface area contributed by atoms with Crippen molar-refractivity contribution in [3.63, 3.8) is 0 Å². The molecular weight excluding hydrogens is 279 g/mol. The third-order valence-corrected chi connectivity index (χ3v) is 2.90. The van der Waals surface area contributed by atoms with E-state index in [9.17, 15) is 13.2 Å². The summed E-state index contributed by atoms with van der Waals surface area (Å²) < 4.78 is 39.8. The summed E-state index contributed by atoms with van der Waals surface area (Å²) in [6.45, 7) is -0.179. The highest BCUT2D eigenvalue weighted by atomic mass is 35.5. The topological polar surface area (TPSA) is 43.8 Å². The summed E-state index contributed by atoms with van der Waals surface area (Å²) in [5, 5.41) is 4.29. The van der Waals surface area contributed by atoms with Crippen LogP contribution in [0.3, 0.4) is 0 Å². The van der Waals surface area contributed by atoms with Gasteiger partial charge in [-0.25, -0.2) is 0 Å². The summed E-state index contributed by atoms with van der Waals surface area (Å²) in [4.78, 5) is 0. The van der Waals surface area contributed by atoms with Crippen LogP contribution in [0.4, 0.5) is 13.2 Å². The van der Waals surface area contributed by atoms with E-state index in [1.165, 1.54) is 0 Å². The van der Waals surface area contributed by atoms with Crippen LogP contribution >= 0.6 is 11.6 Å². The molecule has 0 saturated carbocycles. The number of aromatic nitrogens is 2. The van der Waals surface area contributed by atoms with Crippen LogP contribution in [-0.2, 0) is 19.3 Å². The van der Waals surface area contributed by atoms with Crippen molar-refractivity contribution >= 4 is 11.6 Å². The Labute approximate surface area is 112 Å². The first-order valence-electron chi connectivity index (χ1n) is 5.48. The zero-order valence-corrected chi connectivity index (χ0v) is 10.5. The summed E-state index contributed by atoms with van der Waals surface area (Å²) in [6.07, 6.45) is -3.32. The number of halogens is 4. The van der Waals surface area contributed by atoms with Crippen LogP contribution in [0.15, 0.2) is 30.5 Å². The molecule has 0 atom stereocenters. The molecule has 0 spiro atoms. The molecule has 2 rings (SSSR count). The van der Waals surface area contributed by atoms with Gasteiger partial charge in [-0.3, -0.25) is 4.68 Å². The Kier molecular flexibility index (Phi) is 3.82. The van der Waals surface area contributed by atoms with E-state index in [0.717, 1.165) is 10.9 Å². The van der Waals surface area contributed by atoms with Crippen molar-refractivity contribution in [1.82, 2.24) is 9.78 Å². The van der Waals surface area contributed by atoms with Crippen LogP contribution in [0.25, 0.3) is 0 Å². The summed E-state index contributed by atoms with van der Waals surface area (Å²) >= 11 is 5.73. The third kappa shape index (κ3) is 3.08. The van der Waals surface area contributed by atoms with Crippen LogP contribution in [-0.4, -0.2) is 9.78 Å². The molecule has 3 nitrogen and oxygen atoms in total. The highest BCUT2D eigenvalue weighted by molar-refractivity contribution is 6.30. The minimum atomic E-state index is -4.47. The fourth-order valence-corrected chi connectivity index (χ4v) is 1.91. The molecule has 0 aliphatic heterocycles. The molecule has 19 heavy (non-hydrogen) atoms. The third-order valence-electron chi connectivity index (χ3n) is 2.65. The molecule has 0 unspecified atom stereocenters. The Morgan fingerprint density at radius 2 is 1.84 bits per heavy atom. The van der Waals surface area contributed by atoms with Gasteiger partial charge in [-0.2, -0.15) is 18.3 Å². The van der Waals surface area contributed by atoms with Crippen molar-refractivity contribution in [3.8, 4) is 0 Å². The van der Waals surface area contributed by atoms with Gasteiger partial charge in [0.05, 0.1) is 12.7 Å². The van der Waals surface area contributed by atoms with Crippen LogP contribution in [0, 0.1) is 0 Å². The number of hydrogen-bond donors (Lipinski definition) is 1. The second-order valence-corrected chi connectivity index (χ2v) is 4.44. The Hall–Kier alpha value is -1.53. The molecule has 2 N–H and O–H groups in total. The number of nitrogens with zero attached hydrogens (tertiary/aromatic N) is 2. The van der Waals surface area contributed by atoms with E-state index in [1.807, 2.05) is 0 Å². The molecule has 0 aliphatic rings. The van der Waals surface area contributed by atoms with E-state index in [-0.39, 0.29) is 18.7 Å². The van der Waals surface area contributed by atoms with Gasteiger partial charge in [0.25, 0.3) is 0 Å². The quantitative estimate of drug-likeness (QED) is 0.944. The molecule has 2 aromatic rings. The van der Waals surface area contributed by atoms with Gasteiger partial charge >= 0.3 is 6.18 Å². The van der Waals surface area contributed by atoms with Gasteiger partial charge in [-0.05, 0) is 17.7 Å². The lowest BCUT2D eigenvalue weighted by atomic mass is 10.2. The van der Waals surface area contributed by atoms with Gasteiger partial charge in [0.15, 0.2) is 0 Å². The smallest absolute Gasteiger partial charge is 0.326 e. The lowest BCUT2D eigenvalue weighted by molar-refractivity contribution is -0.144. The van der Waals surface area contributed by atoms with Crippen molar-refractivity contribution < 1.29 is 13.2 Å². The van der Waals surface area contributed by atoms with Gasteiger partial charge in [0.1, 0.15) is 5.69 Å². The van der Waals surface area contributed by atoms with E-state index in [2.05, 4.69) is 5.10 Å². The van der Waals surface area contributed by atoms with Crippen LogP contribution in [0.1, 0.15) is 16.8 Å². The average molecular weight is 290 g/mol. The number of nitrogens with two attached hydrogens (primary N) is 1.